The number of anilines is 2. The number of hydrogen-bond donors (Lipinski definition) is 2. The van der Waals surface area contributed by atoms with Gasteiger partial charge in [0.25, 0.3) is 5.91 Å². The molecule has 0 aliphatic heterocycles. The number of fused-ring (bicyclic) bond motifs is 1. The summed E-state index contributed by atoms with van der Waals surface area (Å²) in [7, 11) is 0. The number of ether oxygens (including phenoxy) is 1. The summed E-state index contributed by atoms with van der Waals surface area (Å²) in [6, 6.07) is 14.1. The van der Waals surface area contributed by atoms with Crippen molar-refractivity contribution in [1.29, 1.82) is 0 Å². The highest BCUT2D eigenvalue weighted by Gasteiger charge is 2.19. The average Bonchev–Trinajstić information content (AvgIpc) is 3.34. The molecule has 8 nitrogen and oxygen atoms in total. The summed E-state index contributed by atoms with van der Waals surface area (Å²) in [5.41, 5.74) is 2.48. The number of carbonyl (C=O) groups is 3. The van der Waals surface area contributed by atoms with Crippen LogP contribution in [-0.4, -0.2) is 34.2 Å². The third-order valence-corrected chi connectivity index (χ3v) is 5.73. The molecule has 0 atom stereocenters. The fraction of sp³-hybridized carbons (Fsp3) is 0.130. The normalized spacial score (nSPS) is 10.8. The van der Waals surface area contributed by atoms with Crippen molar-refractivity contribution in [3.05, 3.63) is 71.0 Å². The van der Waals surface area contributed by atoms with Crippen LogP contribution < -0.4 is 10.6 Å². The lowest BCUT2D eigenvalue weighted by molar-refractivity contribution is -0.119. The summed E-state index contributed by atoms with van der Waals surface area (Å²) in [5, 5.41) is 10.5. The van der Waals surface area contributed by atoms with Gasteiger partial charge < -0.3 is 15.4 Å². The predicted octanol–water partition coefficient (Wildman–Crippen LogP) is 4.29. The van der Waals surface area contributed by atoms with Crippen LogP contribution >= 0.6 is 11.3 Å². The summed E-state index contributed by atoms with van der Waals surface area (Å²) in [6.07, 6.45) is 0. The molecule has 4 aromatic rings. The number of nitrogens with zero attached hydrogens (tertiary/aromatic N) is 2. The van der Waals surface area contributed by atoms with Crippen molar-refractivity contribution in [3.8, 4) is 5.69 Å². The lowest BCUT2D eigenvalue weighted by Gasteiger charge is -2.07. The van der Waals surface area contributed by atoms with Crippen LogP contribution in [0.3, 0.4) is 0 Å². The Bertz CT molecular complexity index is 1340. The monoisotopic (exact) mass is 466 g/mol. The lowest BCUT2D eigenvalue weighted by Crippen LogP contribution is -2.20. The maximum absolute atomic E-state index is 13.2. The Labute approximate surface area is 192 Å². The van der Waals surface area contributed by atoms with Gasteiger partial charge in [-0.2, -0.15) is 5.10 Å². The molecule has 0 aliphatic rings. The molecular formula is C23H19FN4O4S. The fourth-order valence-electron chi connectivity index (χ4n) is 3.14. The minimum Gasteiger partial charge on any atom is -0.451 e. The number of thiophene rings is 1. The fourth-order valence-corrected chi connectivity index (χ4v) is 4.22. The van der Waals surface area contributed by atoms with Crippen molar-refractivity contribution >= 4 is 50.7 Å². The van der Waals surface area contributed by atoms with Crippen LogP contribution in [0.15, 0.2) is 54.6 Å². The average molecular weight is 466 g/mol. The molecule has 0 radical (unpaired) electrons. The molecule has 0 fully saturated rings. The molecule has 4 rings (SSSR count). The SMILES string of the molecule is CC(=O)Nc1ccc(NC(=O)COC(=O)c2cc3c(C)nn(-c4ccc(F)cc4)c3s2)cc1. The van der Waals surface area contributed by atoms with Gasteiger partial charge in [0.2, 0.25) is 5.91 Å². The van der Waals surface area contributed by atoms with E-state index in [1.807, 2.05) is 6.92 Å². The number of benzene rings is 2. The number of carbonyl (C=O) groups excluding carboxylic acids is 3. The Hall–Kier alpha value is -4.05. The zero-order valence-electron chi connectivity index (χ0n) is 17.7. The van der Waals surface area contributed by atoms with Crippen LogP contribution in [0.4, 0.5) is 15.8 Å². The van der Waals surface area contributed by atoms with Crippen LogP contribution in [0.1, 0.15) is 22.3 Å². The molecule has 10 heteroatoms. The Balaban J connectivity index is 1.40. The van der Waals surface area contributed by atoms with Gasteiger partial charge in [-0.15, -0.1) is 11.3 Å². The van der Waals surface area contributed by atoms with Crippen molar-refractivity contribution < 1.29 is 23.5 Å². The first-order valence-corrected chi connectivity index (χ1v) is 10.7. The maximum atomic E-state index is 13.2. The van der Waals surface area contributed by atoms with Crippen LogP contribution in [0, 0.1) is 12.7 Å². The minimum absolute atomic E-state index is 0.194. The first kappa shape index (κ1) is 22.2. The van der Waals surface area contributed by atoms with Crippen LogP contribution in [0.25, 0.3) is 15.9 Å². The number of aromatic nitrogens is 2. The largest absolute Gasteiger partial charge is 0.451 e. The summed E-state index contributed by atoms with van der Waals surface area (Å²) < 4.78 is 20.0. The number of amides is 2. The first-order valence-electron chi connectivity index (χ1n) is 9.90. The van der Waals surface area contributed by atoms with Gasteiger partial charge in [0.15, 0.2) is 6.61 Å². The third kappa shape index (κ3) is 5.07. The molecule has 2 N–H and O–H groups in total. The van der Waals surface area contributed by atoms with Crippen molar-refractivity contribution in [2.24, 2.45) is 0 Å². The highest BCUT2D eigenvalue weighted by atomic mass is 32.1. The van der Waals surface area contributed by atoms with E-state index in [2.05, 4.69) is 15.7 Å². The van der Waals surface area contributed by atoms with E-state index in [4.69, 9.17) is 4.74 Å². The maximum Gasteiger partial charge on any atom is 0.348 e. The van der Waals surface area contributed by atoms with Crippen LogP contribution in [-0.2, 0) is 14.3 Å². The van der Waals surface area contributed by atoms with Crippen molar-refractivity contribution in [1.82, 2.24) is 9.78 Å². The second kappa shape index (κ2) is 9.21. The Morgan fingerprint density at radius 3 is 2.30 bits per heavy atom. The number of hydrogen-bond acceptors (Lipinski definition) is 6. The van der Waals surface area contributed by atoms with Gasteiger partial charge in [-0.25, -0.2) is 13.9 Å². The number of esters is 1. The molecule has 2 amide bonds. The second-order valence-corrected chi connectivity index (χ2v) is 8.22. The van der Waals surface area contributed by atoms with E-state index >= 15 is 0 Å². The van der Waals surface area contributed by atoms with Gasteiger partial charge in [0.05, 0.1) is 11.4 Å². The van der Waals surface area contributed by atoms with Gasteiger partial charge in [-0.05, 0) is 61.5 Å². The Kier molecular flexibility index (Phi) is 6.18. The van der Waals surface area contributed by atoms with Gasteiger partial charge in [-0.3, -0.25) is 9.59 Å². The number of nitrogens with one attached hydrogen (secondary N) is 2. The van der Waals surface area contributed by atoms with Gasteiger partial charge in [0, 0.05) is 23.7 Å². The molecule has 0 spiro atoms. The predicted molar refractivity (Wildman–Crippen MR) is 123 cm³/mol. The zero-order chi connectivity index (χ0) is 23.5. The second-order valence-electron chi connectivity index (χ2n) is 7.19. The smallest absolute Gasteiger partial charge is 0.348 e. The van der Waals surface area contributed by atoms with E-state index in [-0.39, 0.29) is 11.7 Å². The van der Waals surface area contributed by atoms with Crippen LogP contribution in [0.5, 0.6) is 0 Å². The molecular weight excluding hydrogens is 447 g/mol. The van der Waals surface area contributed by atoms with E-state index in [0.29, 0.717) is 27.6 Å². The lowest BCUT2D eigenvalue weighted by atomic mass is 10.2. The number of halogens is 1. The van der Waals surface area contributed by atoms with E-state index < -0.39 is 18.5 Å². The zero-order valence-corrected chi connectivity index (χ0v) is 18.5. The quantitative estimate of drug-likeness (QED) is 0.413. The summed E-state index contributed by atoms with van der Waals surface area (Å²) in [4.78, 5) is 36.8. The molecule has 2 aromatic heterocycles. The van der Waals surface area contributed by atoms with Gasteiger partial charge in [0.1, 0.15) is 15.5 Å². The molecule has 2 heterocycles. The molecule has 0 bridgehead atoms. The van der Waals surface area contributed by atoms with Crippen LogP contribution in [0.2, 0.25) is 0 Å². The molecule has 33 heavy (non-hydrogen) atoms. The molecule has 0 unspecified atom stereocenters. The van der Waals surface area contributed by atoms with E-state index in [1.54, 1.807) is 47.1 Å². The summed E-state index contributed by atoms with van der Waals surface area (Å²) in [6.45, 7) is 2.76. The number of aryl methyl sites for hydroxylation is 1. The Morgan fingerprint density at radius 1 is 1.03 bits per heavy atom. The molecule has 2 aromatic carbocycles. The highest BCUT2D eigenvalue weighted by molar-refractivity contribution is 7.20. The third-order valence-electron chi connectivity index (χ3n) is 4.64. The topological polar surface area (TPSA) is 102 Å². The van der Waals surface area contributed by atoms with E-state index in [9.17, 15) is 18.8 Å². The molecule has 0 saturated carbocycles. The minimum atomic E-state index is -0.627. The van der Waals surface area contributed by atoms with Gasteiger partial charge >= 0.3 is 5.97 Å². The molecule has 168 valence electrons. The summed E-state index contributed by atoms with van der Waals surface area (Å²) >= 11 is 1.18. The number of rotatable bonds is 6. The summed E-state index contributed by atoms with van der Waals surface area (Å²) in [5.74, 6) is -1.67. The van der Waals surface area contributed by atoms with E-state index in [1.165, 1.54) is 30.4 Å². The van der Waals surface area contributed by atoms with Crippen molar-refractivity contribution in [2.75, 3.05) is 17.2 Å². The first-order chi connectivity index (χ1) is 15.8. The van der Waals surface area contributed by atoms with Crippen molar-refractivity contribution in [2.45, 2.75) is 13.8 Å². The van der Waals surface area contributed by atoms with Gasteiger partial charge in [-0.1, -0.05) is 0 Å². The molecule has 0 saturated heterocycles. The highest BCUT2D eigenvalue weighted by Crippen LogP contribution is 2.31. The van der Waals surface area contributed by atoms with E-state index in [0.717, 1.165) is 10.2 Å². The molecule has 0 aliphatic carbocycles. The Morgan fingerprint density at radius 2 is 1.67 bits per heavy atom. The van der Waals surface area contributed by atoms with Crippen molar-refractivity contribution in [3.63, 3.8) is 0 Å². The standard InChI is InChI=1S/C23H19FN4O4S/c1-13-19-11-20(33-22(19)28(27-13)18-9-3-15(24)4-10-18)23(31)32-12-21(30)26-17-7-5-16(6-8-17)25-14(2)29/h3-11H,12H2,1-2H3,(H,25,29)(H,26,30).